The first-order valence-electron chi connectivity index (χ1n) is 10.4. The van der Waals surface area contributed by atoms with Crippen molar-refractivity contribution < 1.29 is 14.1 Å². The average molecular weight is 391 g/mol. The highest BCUT2D eigenvalue weighted by atomic mass is 16.7. The van der Waals surface area contributed by atoms with E-state index in [4.69, 9.17) is 9.31 Å². The molecule has 0 radical (unpaired) electrons. The van der Waals surface area contributed by atoms with Gasteiger partial charge in [-0.3, -0.25) is 4.79 Å². The molecule has 29 heavy (non-hydrogen) atoms. The summed E-state index contributed by atoms with van der Waals surface area (Å²) in [5.74, 6) is 0.0970. The number of hydrogen-bond acceptors (Lipinski definition) is 3. The summed E-state index contributed by atoms with van der Waals surface area (Å²) in [5.41, 5.74) is 5.89. The van der Waals surface area contributed by atoms with Gasteiger partial charge in [-0.1, -0.05) is 24.3 Å². The number of carbonyl (C=O) groups is 1. The van der Waals surface area contributed by atoms with Crippen LogP contribution in [0.5, 0.6) is 0 Å². The van der Waals surface area contributed by atoms with Crippen molar-refractivity contribution in [3.05, 3.63) is 64.2 Å². The van der Waals surface area contributed by atoms with Crippen molar-refractivity contribution in [3.63, 3.8) is 0 Å². The molecule has 4 nitrogen and oxygen atoms in total. The molecule has 2 aromatic rings. The molecule has 2 aliphatic heterocycles. The van der Waals surface area contributed by atoms with Gasteiger partial charge in [-0.25, -0.2) is 0 Å². The van der Waals surface area contributed by atoms with Gasteiger partial charge in [0.15, 0.2) is 0 Å². The van der Waals surface area contributed by atoms with E-state index in [0.29, 0.717) is 6.54 Å². The second kappa shape index (κ2) is 7.00. The van der Waals surface area contributed by atoms with Gasteiger partial charge in [-0.15, -0.1) is 0 Å². The fourth-order valence-corrected chi connectivity index (χ4v) is 3.93. The van der Waals surface area contributed by atoms with E-state index in [1.165, 1.54) is 16.7 Å². The lowest BCUT2D eigenvalue weighted by Crippen LogP contribution is -2.41. The predicted molar refractivity (Wildman–Crippen MR) is 117 cm³/mol. The van der Waals surface area contributed by atoms with Gasteiger partial charge in [0.25, 0.3) is 5.91 Å². The predicted octanol–water partition coefficient (Wildman–Crippen LogP) is 3.80. The first kappa shape index (κ1) is 20.2. The van der Waals surface area contributed by atoms with Crippen LogP contribution < -0.4 is 5.46 Å². The molecule has 1 fully saturated rings. The lowest BCUT2D eigenvalue weighted by Gasteiger charge is -2.32. The molecule has 0 unspecified atom stereocenters. The van der Waals surface area contributed by atoms with Crippen LogP contribution in [0.4, 0.5) is 0 Å². The van der Waals surface area contributed by atoms with Crippen molar-refractivity contribution in [2.75, 3.05) is 6.54 Å². The maximum absolute atomic E-state index is 13.1. The highest BCUT2D eigenvalue weighted by molar-refractivity contribution is 6.62. The van der Waals surface area contributed by atoms with Crippen molar-refractivity contribution in [3.8, 4) is 0 Å². The van der Waals surface area contributed by atoms with E-state index >= 15 is 0 Å². The van der Waals surface area contributed by atoms with Crippen LogP contribution in [0.3, 0.4) is 0 Å². The van der Waals surface area contributed by atoms with E-state index in [1.807, 2.05) is 23.1 Å². The summed E-state index contributed by atoms with van der Waals surface area (Å²) in [6, 6.07) is 12.4. The summed E-state index contributed by atoms with van der Waals surface area (Å²) in [5, 5.41) is 0. The normalized spacial score (nSPS) is 19.9. The molecule has 152 valence electrons. The molecule has 0 N–H and O–H groups in total. The fraction of sp³-hybridized carbons (Fsp3) is 0.458. The molecule has 0 bridgehead atoms. The zero-order chi connectivity index (χ0) is 21.0. The molecule has 0 spiro atoms. The number of rotatable bonds is 2. The second-order valence-corrected chi connectivity index (χ2v) is 9.39. The first-order valence-corrected chi connectivity index (χ1v) is 10.4. The van der Waals surface area contributed by atoms with Crippen LogP contribution in [0.2, 0.25) is 0 Å². The van der Waals surface area contributed by atoms with Crippen LogP contribution in [0.1, 0.15) is 60.3 Å². The molecule has 2 heterocycles. The lowest BCUT2D eigenvalue weighted by molar-refractivity contribution is 0.00578. The Kier molecular flexibility index (Phi) is 4.87. The van der Waals surface area contributed by atoms with Crippen molar-refractivity contribution in [1.82, 2.24) is 4.90 Å². The summed E-state index contributed by atoms with van der Waals surface area (Å²) < 4.78 is 12.4. The third-order valence-electron chi connectivity index (χ3n) is 6.81. The number of fused-ring (bicyclic) bond motifs is 1. The highest BCUT2D eigenvalue weighted by Crippen LogP contribution is 2.36. The quantitative estimate of drug-likeness (QED) is 0.731. The number of carbonyl (C=O) groups excluding carboxylic acids is 1. The number of benzene rings is 2. The Balaban J connectivity index is 1.55. The van der Waals surface area contributed by atoms with E-state index < -0.39 is 0 Å². The number of aryl methyl sites for hydroxylation is 2. The van der Waals surface area contributed by atoms with E-state index in [0.717, 1.165) is 29.6 Å². The van der Waals surface area contributed by atoms with Gasteiger partial charge in [-0.2, -0.15) is 0 Å². The summed E-state index contributed by atoms with van der Waals surface area (Å²) in [4.78, 5) is 15.0. The Morgan fingerprint density at radius 3 is 2.28 bits per heavy atom. The Bertz CT molecular complexity index is 951. The van der Waals surface area contributed by atoms with E-state index in [2.05, 4.69) is 59.7 Å². The largest absolute Gasteiger partial charge is 0.494 e. The van der Waals surface area contributed by atoms with Crippen molar-refractivity contribution in [1.29, 1.82) is 0 Å². The standard InChI is InChI=1S/C24H30BNO3/c1-16-7-8-19(13-17(16)2)22(27)26-12-11-18-9-10-21(14-20(18)15-26)25-28-23(3,4)24(5,6)29-25/h7-10,13-14H,11-12,15H2,1-6H3. The Morgan fingerprint density at radius 2 is 1.62 bits per heavy atom. The van der Waals surface area contributed by atoms with Crippen LogP contribution in [0, 0.1) is 13.8 Å². The van der Waals surface area contributed by atoms with Gasteiger partial charge in [0.2, 0.25) is 0 Å². The smallest absolute Gasteiger partial charge is 0.399 e. The van der Waals surface area contributed by atoms with Gasteiger partial charge in [-0.05, 0) is 87.8 Å². The van der Waals surface area contributed by atoms with E-state index in [-0.39, 0.29) is 24.2 Å². The molecule has 2 aliphatic rings. The Morgan fingerprint density at radius 1 is 0.931 bits per heavy atom. The third kappa shape index (κ3) is 3.62. The highest BCUT2D eigenvalue weighted by Gasteiger charge is 2.51. The number of hydrogen-bond donors (Lipinski definition) is 0. The fourth-order valence-electron chi connectivity index (χ4n) is 3.93. The summed E-state index contributed by atoms with van der Waals surface area (Å²) >= 11 is 0. The van der Waals surface area contributed by atoms with Crippen LogP contribution >= 0.6 is 0 Å². The van der Waals surface area contributed by atoms with Crippen LogP contribution in [-0.4, -0.2) is 35.7 Å². The molecule has 1 saturated heterocycles. The molecule has 0 aliphatic carbocycles. The van der Waals surface area contributed by atoms with Crippen LogP contribution in [0.25, 0.3) is 0 Å². The molecule has 5 heteroatoms. The molecule has 0 aromatic heterocycles. The van der Waals surface area contributed by atoms with Crippen LogP contribution in [-0.2, 0) is 22.3 Å². The second-order valence-electron chi connectivity index (χ2n) is 9.39. The minimum absolute atomic E-state index is 0.0970. The topological polar surface area (TPSA) is 38.8 Å². The lowest BCUT2D eigenvalue weighted by atomic mass is 9.77. The van der Waals surface area contributed by atoms with E-state index in [9.17, 15) is 4.79 Å². The zero-order valence-electron chi connectivity index (χ0n) is 18.3. The molecular weight excluding hydrogens is 361 g/mol. The Hall–Kier alpha value is -2.11. The molecule has 0 atom stereocenters. The number of amides is 1. The average Bonchev–Trinajstić information content (AvgIpc) is 2.90. The first-order chi connectivity index (χ1) is 13.6. The minimum atomic E-state index is -0.379. The van der Waals surface area contributed by atoms with Gasteiger partial charge in [0.05, 0.1) is 11.2 Å². The number of nitrogens with zero attached hydrogens (tertiary/aromatic N) is 1. The minimum Gasteiger partial charge on any atom is -0.399 e. The molecular formula is C24H30BNO3. The molecule has 2 aromatic carbocycles. The van der Waals surface area contributed by atoms with Crippen molar-refractivity contribution in [2.24, 2.45) is 0 Å². The van der Waals surface area contributed by atoms with Crippen molar-refractivity contribution >= 4 is 18.5 Å². The molecule has 1 amide bonds. The van der Waals surface area contributed by atoms with Gasteiger partial charge in [0, 0.05) is 18.7 Å². The van der Waals surface area contributed by atoms with Gasteiger partial charge in [0.1, 0.15) is 0 Å². The molecule has 0 saturated carbocycles. The van der Waals surface area contributed by atoms with Gasteiger partial charge >= 0.3 is 7.12 Å². The van der Waals surface area contributed by atoms with Crippen LogP contribution in [0.15, 0.2) is 36.4 Å². The SMILES string of the molecule is Cc1ccc(C(=O)N2CCc3ccc(B4OC(C)(C)C(C)(C)O4)cc3C2)cc1C. The monoisotopic (exact) mass is 391 g/mol. The summed E-state index contributed by atoms with van der Waals surface area (Å²) in [6.45, 7) is 13.7. The van der Waals surface area contributed by atoms with E-state index in [1.54, 1.807) is 0 Å². The maximum Gasteiger partial charge on any atom is 0.494 e. The third-order valence-corrected chi connectivity index (χ3v) is 6.81. The van der Waals surface area contributed by atoms with Gasteiger partial charge < -0.3 is 14.2 Å². The zero-order valence-corrected chi connectivity index (χ0v) is 18.3. The Labute approximate surface area is 174 Å². The van der Waals surface area contributed by atoms with Crippen molar-refractivity contribution in [2.45, 2.75) is 65.7 Å². The maximum atomic E-state index is 13.1. The summed E-state index contributed by atoms with van der Waals surface area (Å²) in [6.07, 6.45) is 0.871. The summed E-state index contributed by atoms with van der Waals surface area (Å²) in [7, 11) is -0.379. The molecule has 4 rings (SSSR count).